The van der Waals surface area contributed by atoms with E-state index in [1.807, 2.05) is 0 Å². The Morgan fingerprint density at radius 2 is 2.00 bits per heavy atom. The fourth-order valence-electron chi connectivity index (χ4n) is 4.33. The number of halogens is 1. The van der Waals surface area contributed by atoms with Crippen LogP contribution in [0.25, 0.3) is 27.7 Å². The second kappa shape index (κ2) is 8.64. The zero-order chi connectivity index (χ0) is 23.8. The molecule has 0 amide bonds. The average molecular weight is 461 g/mol. The molecular formula is C24H20FN5O4. The zero-order valence-corrected chi connectivity index (χ0v) is 18.2. The van der Waals surface area contributed by atoms with Crippen molar-refractivity contribution in [2.24, 2.45) is 0 Å². The predicted molar refractivity (Wildman–Crippen MR) is 124 cm³/mol. The molecule has 1 aliphatic heterocycles. The first-order valence-corrected chi connectivity index (χ1v) is 10.7. The van der Waals surface area contributed by atoms with Crippen LogP contribution >= 0.6 is 0 Å². The van der Waals surface area contributed by atoms with Crippen LogP contribution in [0.1, 0.15) is 24.7 Å². The number of nitrogens with one attached hydrogen (secondary N) is 1. The fraction of sp³-hybridized carbons (Fsp3) is 0.208. The number of methoxy groups -OCH3 is 1. The van der Waals surface area contributed by atoms with Crippen LogP contribution in [0.15, 0.2) is 59.7 Å². The van der Waals surface area contributed by atoms with Crippen molar-refractivity contribution in [1.29, 1.82) is 0 Å². The van der Waals surface area contributed by atoms with Crippen LogP contribution in [-0.2, 0) is 0 Å². The van der Waals surface area contributed by atoms with Gasteiger partial charge in [-0.1, -0.05) is 0 Å². The Labute approximate surface area is 193 Å². The molecular weight excluding hydrogens is 441 g/mol. The monoisotopic (exact) mass is 461 g/mol. The highest BCUT2D eigenvalue weighted by Gasteiger charge is 2.26. The smallest absolute Gasteiger partial charge is 0.271 e. The third-order valence-corrected chi connectivity index (χ3v) is 5.95. The van der Waals surface area contributed by atoms with Crippen LogP contribution in [0.2, 0.25) is 0 Å². The van der Waals surface area contributed by atoms with Gasteiger partial charge in [-0.2, -0.15) is 0 Å². The highest BCUT2D eigenvalue weighted by molar-refractivity contribution is 5.95. The molecule has 0 spiro atoms. The summed E-state index contributed by atoms with van der Waals surface area (Å²) in [6, 6.07) is 10.0. The lowest BCUT2D eigenvalue weighted by Crippen LogP contribution is -2.29. The van der Waals surface area contributed by atoms with Gasteiger partial charge in [0, 0.05) is 36.2 Å². The molecule has 9 nitrogen and oxygen atoms in total. The van der Waals surface area contributed by atoms with E-state index < -0.39 is 16.3 Å². The highest BCUT2D eigenvalue weighted by atomic mass is 19.1. The SMILES string of the molecule is COc1ccc(-n2c(C3CCCN3)nc3c(-c4ccncc4)cc([N+](=O)[O-])cc3c2=O)cc1F. The molecule has 172 valence electrons. The number of hydrogen-bond acceptors (Lipinski definition) is 7. The maximum atomic E-state index is 14.6. The minimum absolute atomic E-state index is 0.0432. The molecule has 2 aromatic carbocycles. The average Bonchev–Trinajstić information content (AvgIpc) is 3.39. The van der Waals surface area contributed by atoms with E-state index in [1.165, 1.54) is 35.9 Å². The number of nitro benzene ring substituents is 1. The first-order chi connectivity index (χ1) is 16.5. The second-order valence-corrected chi connectivity index (χ2v) is 7.96. The molecule has 3 heterocycles. The summed E-state index contributed by atoms with van der Waals surface area (Å²) < 4.78 is 20.9. The molecule has 1 atom stereocenters. The summed E-state index contributed by atoms with van der Waals surface area (Å²) in [6.45, 7) is 0.757. The lowest BCUT2D eigenvalue weighted by molar-refractivity contribution is -0.384. The summed E-state index contributed by atoms with van der Waals surface area (Å²) in [6.07, 6.45) is 4.78. The van der Waals surface area contributed by atoms with Gasteiger partial charge in [0.1, 0.15) is 5.82 Å². The Hall–Kier alpha value is -4.18. The molecule has 10 heteroatoms. The van der Waals surface area contributed by atoms with Gasteiger partial charge in [0.25, 0.3) is 11.2 Å². The van der Waals surface area contributed by atoms with Crippen molar-refractivity contribution < 1.29 is 14.1 Å². The molecule has 4 aromatic rings. The van der Waals surface area contributed by atoms with E-state index in [4.69, 9.17) is 9.72 Å². The van der Waals surface area contributed by atoms with Gasteiger partial charge >= 0.3 is 0 Å². The highest BCUT2D eigenvalue weighted by Crippen LogP contribution is 2.33. The summed E-state index contributed by atoms with van der Waals surface area (Å²) in [4.78, 5) is 33.8. The van der Waals surface area contributed by atoms with Crippen LogP contribution in [0.5, 0.6) is 5.75 Å². The Bertz CT molecular complexity index is 1470. The zero-order valence-electron chi connectivity index (χ0n) is 18.2. The summed E-state index contributed by atoms with van der Waals surface area (Å²) in [5.41, 5.74) is 0.953. The molecule has 1 unspecified atom stereocenters. The van der Waals surface area contributed by atoms with Gasteiger partial charge in [0.2, 0.25) is 0 Å². The van der Waals surface area contributed by atoms with E-state index in [0.717, 1.165) is 19.4 Å². The number of rotatable bonds is 5. The van der Waals surface area contributed by atoms with E-state index in [9.17, 15) is 19.3 Å². The molecule has 0 saturated carbocycles. The van der Waals surface area contributed by atoms with Crippen LogP contribution in [0.4, 0.5) is 10.1 Å². The lowest BCUT2D eigenvalue weighted by atomic mass is 10.0. The van der Waals surface area contributed by atoms with Crippen molar-refractivity contribution in [1.82, 2.24) is 19.9 Å². The third kappa shape index (κ3) is 3.67. The first kappa shape index (κ1) is 21.7. The Balaban J connectivity index is 1.87. The van der Waals surface area contributed by atoms with Gasteiger partial charge in [0.05, 0.1) is 34.7 Å². The number of benzene rings is 2. The largest absolute Gasteiger partial charge is 0.494 e. The molecule has 1 fully saturated rings. The molecule has 2 aromatic heterocycles. The van der Waals surface area contributed by atoms with Gasteiger partial charge in [-0.05, 0) is 49.2 Å². The third-order valence-electron chi connectivity index (χ3n) is 5.95. The molecule has 0 bridgehead atoms. The Morgan fingerprint density at radius 3 is 2.65 bits per heavy atom. The number of nitro groups is 1. The van der Waals surface area contributed by atoms with Crippen molar-refractivity contribution in [2.45, 2.75) is 18.9 Å². The molecule has 5 rings (SSSR count). The van der Waals surface area contributed by atoms with Gasteiger partial charge in [-0.25, -0.2) is 9.37 Å². The van der Waals surface area contributed by atoms with Gasteiger partial charge in [0.15, 0.2) is 11.6 Å². The fourth-order valence-corrected chi connectivity index (χ4v) is 4.33. The molecule has 1 saturated heterocycles. The lowest BCUT2D eigenvalue weighted by Gasteiger charge is -2.19. The second-order valence-electron chi connectivity index (χ2n) is 7.96. The van der Waals surface area contributed by atoms with Crippen molar-refractivity contribution in [3.05, 3.63) is 87.0 Å². The van der Waals surface area contributed by atoms with Crippen molar-refractivity contribution >= 4 is 16.6 Å². The quantitative estimate of drug-likeness (QED) is 0.354. The maximum Gasteiger partial charge on any atom is 0.271 e. The molecule has 1 aliphatic rings. The number of aromatic nitrogens is 3. The van der Waals surface area contributed by atoms with Crippen LogP contribution < -0.4 is 15.6 Å². The van der Waals surface area contributed by atoms with E-state index in [-0.39, 0.29) is 28.6 Å². The van der Waals surface area contributed by atoms with Crippen molar-refractivity contribution in [2.75, 3.05) is 13.7 Å². The number of non-ortho nitro benzene ring substituents is 1. The van der Waals surface area contributed by atoms with Crippen LogP contribution in [0, 0.1) is 15.9 Å². The van der Waals surface area contributed by atoms with Gasteiger partial charge in [-0.15, -0.1) is 0 Å². The summed E-state index contributed by atoms with van der Waals surface area (Å²) >= 11 is 0. The Morgan fingerprint density at radius 1 is 1.21 bits per heavy atom. The van der Waals surface area contributed by atoms with Crippen LogP contribution in [-0.4, -0.2) is 33.1 Å². The number of pyridine rings is 1. The standard InChI is InChI=1S/C24H20FN5O4/c1-34-21-5-4-15(13-19(21)25)29-23(20-3-2-8-27-20)28-22-17(14-6-9-26-10-7-14)11-16(30(32)33)12-18(22)24(29)31/h4-7,9-13,20,27H,2-3,8H2,1H3. The number of hydrogen-bond donors (Lipinski definition) is 1. The van der Waals surface area contributed by atoms with E-state index >= 15 is 0 Å². The van der Waals surface area contributed by atoms with E-state index in [2.05, 4.69) is 10.3 Å². The number of ether oxygens (including phenoxy) is 1. The van der Waals surface area contributed by atoms with Crippen LogP contribution in [0.3, 0.4) is 0 Å². The Kier molecular flexibility index (Phi) is 5.50. The number of fused-ring (bicyclic) bond motifs is 1. The van der Waals surface area contributed by atoms with E-state index in [0.29, 0.717) is 22.5 Å². The summed E-state index contributed by atoms with van der Waals surface area (Å²) in [5.74, 6) is -0.167. The summed E-state index contributed by atoms with van der Waals surface area (Å²) in [5, 5.41) is 15.1. The molecule has 1 N–H and O–H groups in total. The topological polar surface area (TPSA) is 112 Å². The van der Waals surface area contributed by atoms with Gasteiger partial charge in [-0.3, -0.25) is 24.5 Å². The predicted octanol–water partition coefficient (Wildman–Crippen LogP) is 3.93. The first-order valence-electron chi connectivity index (χ1n) is 10.7. The van der Waals surface area contributed by atoms with Gasteiger partial charge < -0.3 is 10.1 Å². The van der Waals surface area contributed by atoms with Crippen molar-refractivity contribution in [3.63, 3.8) is 0 Å². The van der Waals surface area contributed by atoms with Crippen molar-refractivity contribution in [3.8, 4) is 22.6 Å². The minimum atomic E-state index is -0.631. The molecule has 34 heavy (non-hydrogen) atoms. The number of nitrogens with zero attached hydrogens (tertiary/aromatic N) is 4. The maximum absolute atomic E-state index is 14.6. The normalized spacial score (nSPS) is 15.5. The summed E-state index contributed by atoms with van der Waals surface area (Å²) in [7, 11) is 1.36. The molecule has 0 aliphatic carbocycles. The molecule has 0 radical (unpaired) electrons. The minimum Gasteiger partial charge on any atom is -0.494 e. The van der Waals surface area contributed by atoms with E-state index in [1.54, 1.807) is 30.6 Å².